The fourth-order valence-corrected chi connectivity index (χ4v) is 4.05. The largest absolute Gasteiger partial charge is 0.415 e. The second-order valence-electron chi connectivity index (χ2n) is 8.29. The van der Waals surface area contributed by atoms with Gasteiger partial charge in [0.25, 0.3) is 5.89 Å². The molecule has 1 fully saturated rings. The summed E-state index contributed by atoms with van der Waals surface area (Å²) in [5.41, 5.74) is 4.43. The van der Waals surface area contributed by atoms with Gasteiger partial charge in [-0.25, -0.2) is 4.68 Å². The van der Waals surface area contributed by atoms with Crippen molar-refractivity contribution in [2.45, 2.75) is 31.7 Å². The summed E-state index contributed by atoms with van der Waals surface area (Å²) >= 11 is 0. The van der Waals surface area contributed by atoms with E-state index in [1.165, 1.54) is 24.6 Å². The van der Waals surface area contributed by atoms with E-state index >= 15 is 0 Å². The van der Waals surface area contributed by atoms with Gasteiger partial charge in [-0.1, -0.05) is 23.4 Å². The number of nitrogens with zero attached hydrogens (tertiary/aromatic N) is 7. The van der Waals surface area contributed by atoms with Crippen LogP contribution in [0.15, 0.2) is 53.2 Å². The molecule has 1 aliphatic heterocycles. The topological polar surface area (TPSA) is 85.8 Å². The van der Waals surface area contributed by atoms with Crippen molar-refractivity contribution in [3.05, 3.63) is 65.9 Å². The van der Waals surface area contributed by atoms with E-state index in [1.807, 2.05) is 6.20 Å². The number of likely N-dealkylation sites (tertiary alicyclic amines) is 1. The Balaban J connectivity index is 1.27. The third-order valence-electron chi connectivity index (χ3n) is 5.93. The first-order valence-electron chi connectivity index (χ1n) is 10.8. The molecule has 8 nitrogen and oxygen atoms in total. The SMILES string of the molecule is CN1CCC(c2cccc(-c3cn(Cc4ccc(-c5nnc(C(F)F)o5)cn4)nn3)c2)CC1. The normalized spacial score (nSPS) is 15.4. The molecule has 5 rings (SSSR count). The van der Waals surface area contributed by atoms with Gasteiger partial charge >= 0.3 is 6.43 Å². The summed E-state index contributed by atoms with van der Waals surface area (Å²) < 4.78 is 31.9. The van der Waals surface area contributed by atoms with Crippen LogP contribution in [-0.4, -0.2) is 55.2 Å². The van der Waals surface area contributed by atoms with E-state index in [0.29, 0.717) is 18.0 Å². The van der Waals surface area contributed by atoms with E-state index in [4.69, 9.17) is 4.42 Å². The number of alkyl halides is 2. The molecule has 0 spiro atoms. The average Bonchev–Trinajstić information content (AvgIpc) is 3.51. The summed E-state index contributed by atoms with van der Waals surface area (Å²) in [7, 11) is 2.17. The maximum Gasteiger partial charge on any atom is 0.314 e. The molecule has 1 aromatic carbocycles. The number of piperidine rings is 1. The molecule has 10 heteroatoms. The number of halogens is 2. The number of rotatable bonds is 6. The molecule has 4 aromatic rings. The zero-order chi connectivity index (χ0) is 22.8. The van der Waals surface area contributed by atoms with Crippen molar-refractivity contribution in [3.63, 3.8) is 0 Å². The lowest BCUT2D eigenvalue weighted by Gasteiger charge is -2.29. The van der Waals surface area contributed by atoms with E-state index in [9.17, 15) is 8.78 Å². The Morgan fingerprint density at radius 3 is 2.64 bits per heavy atom. The molecule has 0 amide bonds. The minimum atomic E-state index is -2.80. The van der Waals surface area contributed by atoms with Gasteiger partial charge in [0, 0.05) is 11.8 Å². The lowest BCUT2D eigenvalue weighted by Crippen LogP contribution is -2.29. The summed E-state index contributed by atoms with van der Waals surface area (Å²) in [6, 6.07) is 12.0. The van der Waals surface area contributed by atoms with Gasteiger partial charge in [0.1, 0.15) is 5.69 Å². The number of hydrogen-bond acceptors (Lipinski definition) is 7. The Hall–Kier alpha value is -3.53. The molecular formula is C23H23F2N7O. The molecule has 0 radical (unpaired) electrons. The van der Waals surface area contributed by atoms with E-state index in [-0.39, 0.29) is 5.89 Å². The predicted octanol–water partition coefficient (Wildman–Crippen LogP) is 4.19. The van der Waals surface area contributed by atoms with Gasteiger partial charge < -0.3 is 9.32 Å². The van der Waals surface area contributed by atoms with Crippen LogP contribution in [0.3, 0.4) is 0 Å². The highest BCUT2D eigenvalue weighted by Crippen LogP contribution is 2.30. The summed E-state index contributed by atoms with van der Waals surface area (Å²) in [6.07, 6.45) is 2.95. The number of aromatic nitrogens is 6. The summed E-state index contributed by atoms with van der Waals surface area (Å²) in [5.74, 6) is -0.115. The molecule has 0 saturated carbocycles. The summed E-state index contributed by atoms with van der Waals surface area (Å²) in [6.45, 7) is 2.67. The van der Waals surface area contributed by atoms with Gasteiger partial charge in [-0.2, -0.15) is 8.78 Å². The molecule has 0 aliphatic carbocycles. The van der Waals surface area contributed by atoms with Crippen LogP contribution < -0.4 is 0 Å². The molecule has 33 heavy (non-hydrogen) atoms. The highest BCUT2D eigenvalue weighted by atomic mass is 19.3. The zero-order valence-corrected chi connectivity index (χ0v) is 18.1. The first-order valence-corrected chi connectivity index (χ1v) is 10.8. The maximum absolute atomic E-state index is 12.6. The van der Waals surface area contributed by atoms with E-state index < -0.39 is 12.3 Å². The van der Waals surface area contributed by atoms with Crippen molar-refractivity contribution in [2.75, 3.05) is 20.1 Å². The minimum Gasteiger partial charge on any atom is -0.415 e. The third-order valence-corrected chi connectivity index (χ3v) is 5.93. The van der Waals surface area contributed by atoms with Gasteiger partial charge in [0.2, 0.25) is 5.89 Å². The van der Waals surface area contributed by atoms with E-state index in [2.05, 4.69) is 61.7 Å². The van der Waals surface area contributed by atoms with Gasteiger partial charge in [-0.3, -0.25) is 4.98 Å². The van der Waals surface area contributed by atoms with Crippen molar-refractivity contribution in [1.29, 1.82) is 0 Å². The van der Waals surface area contributed by atoms with Crippen molar-refractivity contribution >= 4 is 0 Å². The molecule has 0 atom stereocenters. The van der Waals surface area contributed by atoms with Crippen LogP contribution >= 0.6 is 0 Å². The molecular weight excluding hydrogens is 428 g/mol. The van der Waals surface area contributed by atoms with E-state index in [0.717, 1.165) is 30.0 Å². The van der Waals surface area contributed by atoms with Crippen molar-refractivity contribution < 1.29 is 13.2 Å². The van der Waals surface area contributed by atoms with Crippen LogP contribution in [0.2, 0.25) is 0 Å². The molecule has 0 N–H and O–H groups in total. The zero-order valence-electron chi connectivity index (χ0n) is 18.1. The van der Waals surface area contributed by atoms with Gasteiger partial charge in [0.15, 0.2) is 0 Å². The minimum absolute atomic E-state index is 0.0110. The lowest BCUT2D eigenvalue weighted by atomic mass is 9.88. The van der Waals surface area contributed by atoms with Crippen LogP contribution in [0.1, 0.15) is 42.3 Å². The fraction of sp³-hybridized carbons (Fsp3) is 0.348. The predicted molar refractivity (Wildman–Crippen MR) is 117 cm³/mol. The molecule has 4 heterocycles. The molecule has 1 aliphatic rings. The Kier molecular flexibility index (Phi) is 5.91. The molecule has 0 bridgehead atoms. The Bertz CT molecular complexity index is 1210. The number of benzene rings is 1. The van der Waals surface area contributed by atoms with Crippen LogP contribution in [0.25, 0.3) is 22.7 Å². The second-order valence-corrected chi connectivity index (χ2v) is 8.29. The molecule has 3 aromatic heterocycles. The van der Waals surface area contributed by atoms with Crippen molar-refractivity contribution in [3.8, 4) is 22.7 Å². The van der Waals surface area contributed by atoms with Gasteiger partial charge in [0.05, 0.1) is 24.0 Å². The Morgan fingerprint density at radius 1 is 1.06 bits per heavy atom. The summed E-state index contributed by atoms with van der Waals surface area (Å²) in [5, 5.41) is 15.5. The average molecular weight is 451 g/mol. The molecule has 170 valence electrons. The Labute approximate surface area is 189 Å². The lowest BCUT2D eigenvalue weighted by molar-refractivity contribution is 0.116. The second kappa shape index (κ2) is 9.14. The first kappa shape index (κ1) is 21.3. The highest BCUT2D eigenvalue weighted by molar-refractivity contribution is 5.59. The summed E-state index contributed by atoms with van der Waals surface area (Å²) in [4.78, 5) is 6.73. The van der Waals surface area contributed by atoms with Gasteiger partial charge in [-0.15, -0.1) is 15.3 Å². The Morgan fingerprint density at radius 2 is 1.91 bits per heavy atom. The smallest absolute Gasteiger partial charge is 0.314 e. The molecule has 1 saturated heterocycles. The first-order chi connectivity index (χ1) is 16.0. The van der Waals surface area contributed by atoms with Crippen LogP contribution in [0, 0.1) is 0 Å². The third kappa shape index (κ3) is 4.80. The maximum atomic E-state index is 12.6. The number of hydrogen-bond donors (Lipinski definition) is 0. The monoisotopic (exact) mass is 451 g/mol. The van der Waals surface area contributed by atoms with Crippen LogP contribution in [-0.2, 0) is 6.54 Å². The van der Waals surface area contributed by atoms with Crippen LogP contribution in [0.4, 0.5) is 8.78 Å². The van der Waals surface area contributed by atoms with Crippen molar-refractivity contribution in [2.24, 2.45) is 0 Å². The van der Waals surface area contributed by atoms with E-state index in [1.54, 1.807) is 16.8 Å². The molecule has 0 unspecified atom stereocenters. The number of pyridine rings is 1. The quantitative estimate of drug-likeness (QED) is 0.435. The van der Waals surface area contributed by atoms with Crippen molar-refractivity contribution in [1.82, 2.24) is 35.1 Å². The fourth-order valence-electron chi connectivity index (χ4n) is 4.05. The van der Waals surface area contributed by atoms with Gasteiger partial charge in [-0.05, 0) is 62.7 Å². The standard InChI is InChI=1S/C23H23F2N7O/c1-31-9-7-15(8-10-31)16-3-2-4-17(11-16)20-14-32(30-27-20)13-19-6-5-18(12-26-19)22-28-29-23(33-22)21(24)25/h2-6,11-12,14-15,21H,7-10,13H2,1H3. The van der Waals surface area contributed by atoms with Crippen LogP contribution in [0.5, 0.6) is 0 Å². The highest BCUT2D eigenvalue weighted by Gasteiger charge is 2.19.